The summed E-state index contributed by atoms with van der Waals surface area (Å²) in [4.78, 5) is 8.74. The van der Waals surface area contributed by atoms with Crippen molar-refractivity contribution in [3.8, 4) is 17.2 Å². The van der Waals surface area contributed by atoms with Gasteiger partial charge < -0.3 is 24.8 Å². The maximum absolute atomic E-state index is 5.82. The van der Waals surface area contributed by atoms with E-state index in [4.69, 9.17) is 25.8 Å². The Labute approximate surface area is 194 Å². The fourth-order valence-electron chi connectivity index (χ4n) is 2.60. The number of hydrogen-bond acceptors (Lipinski definition) is 5. The topological polar surface area (TPSA) is 77.0 Å². The molecule has 2 N–H and O–H groups in total. The molecule has 0 saturated carbocycles. The summed E-state index contributed by atoms with van der Waals surface area (Å²) < 4.78 is 16.2. The molecule has 7 nitrogen and oxygen atoms in total. The Bertz CT molecular complexity index is 788. The number of hydrogen-bond donors (Lipinski definition) is 2. The Hall–Kier alpha value is -1.94. The molecule has 0 unspecified atom stereocenters. The summed E-state index contributed by atoms with van der Waals surface area (Å²) in [5.41, 5.74) is 2.01. The van der Waals surface area contributed by atoms with Gasteiger partial charge in [-0.2, -0.15) is 0 Å². The maximum atomic E-state index is 5.82. The molecule has 29 heavy (non-hydrogen) atoms. The molecule has 0 spiro atoms. The number of aromatic nitrogens is 1. The monoisotopic (exact) mass is 534 g/mol. The van der Waals surface area contributed by atoms with Gasteiger partial charge in [-0.1, -0.05) is 17.7 Å². The number of methoxy groups -OCH3 is 3. The van der Waals surface area contributed by atoms with Crippen LogP contribution < -0.4 is 24.8 Å². The van der Waals surface area contributed by atoms with Gasteiger partial charge >= 0.3 is 0 Å². The Morgan fingerprint density at radius 2 is 1.72 bits per heavy atom. The fraction of sp³-hybridized carbons (Fsp3) is 0.400. The molecule has 9 heteroatoms. The van der Waals surface area contributed by atoms with Crippen LogP contribution in [0.4, 0.5) is 0 Å². The molecule has 2 aromatic rings. The molecule has 0 aliphatic heterocycles. The second-order valence-electron chi connectivity index (χ2n) is 5.88. The predicted octanol–water partition coefficient (Wildman–Crippen LogP) is 3.68. The van der Waals surface area contributed by atoms with Gasteiger partial charge in [0.25, 0.3) is 0 Å². The van der Waals surface area contributed by atoms with Crippen molar-refractivity contribution in [2.75, 3.05) is 34.4 Å². The number of guanidine groups is 1. The normalized spacial score (nSPS) is 10.7. The summed E-state index contributed by atoms with van der Waals surface area (Å²) in [6.07, 6.45) is 2.59. The van der Waals surface area contributed by atoms with Gasteiger partial charge in [-0.15, -0.1) is 24.0 Å². The van der Waals surface area contributed by atoms with Crippen LogP contribution in [-0.4, -0.2) is 45.4 Å². The van der Waals surface area contributed by atoms with E-state index in [1.54, 1.807) is 39.7 Å². The minimum Gasteiger partial charge on any atom is -0.496 e. The minimum absolute atomic E-state index is 0. The van der Waals surface area contributed by atoms with Crippen LogP contribution in [0.15, 0.2) is 35.5 Å². The number of rotatable bonds is 9. The first-order valence-corrected chi connectivity index (χ1v) is 9.40. The van der Waals surface area contributed by atoms with Crippen molar-refractivity contribution < 1.29 is 14.2 Å². The zero-order valence-electron chi connectivity index (χ0n) is 17.1. The third kappa shape index (κ3) is 7.77. The number of pyridine rings is 1. The van der Waals surface area contributed by atoms with Gasteiger partial charge in [0, 0.05) is 30.9 Å². The highest BCUT2D eigenvalue weighted by Gasteiger charge is 2.11. The summed E-state index contributed by atoms with van der Waals surface area (Å²) in [6.45, 7) is 3.94. The SMILES string of the molecule is CCNC(=NCc1cc(OC)c(OC)cc1OC)NCCc1ccc(Cl)nc1.I. The Balaban J connectivity index is 0.00000420. The molecule has 0 fully saturated rings. The molecule has 1 heterocycles. The van der Waals surface area contributed by atoms with E-state index >= 15 is 0 Å². The average Bonchev–Trinajstić information content (AvgIpc) is 2.72. The molecule has 0 aliphatic carbocycles. The van der Waals surface area contributed by atoms with Crippen LogP contribution in [0.5, 0.6) is 17.2 Å². The van der Waals surface area contributed by atoms with E-state index in [2.05, 4.69) is 20.6 Å². The van der Waals surface area contributed by atoms with Gasteiger partial charge in [-0.3, -0.25) is 0 Å². The second-order valence-corrected chi connectivity index (χ2v) is 6.27. The lowest BCUT2D eigenvalue weighted by atomic mass is 10.1. The van der Waals surface area contributed by atoms with Crippen molar-refractivity contribution in [2.45, 2.75) is 19.9 Å². The van der Waals surface area contributed by atoms with Crippen LogP contribution in [-0.2, 0) is 13.0 Å². The fourth-order valence-corrected chi connectivity index (χ4v) is 2.71. The van der Waals surface area contributed by atoms with E-state index in [0.29, 0.717) is 28.9 Å². The Kier molecular flexibility index (Phi) is 11.5. The summed E-state index contributed by atoms with van der Waals surface area (Å²) >= 11 is 5.82. The zero-order chi connectivity index (χ0) is 20.4. The van der Waals surface area contributed by atoms with Gasteiger partial charge in [0.15, 0.2) is 17.5 Å². The first kappa shape index (κ1) is 25.1. The average molecular weight is 535 g/mol. The van der Waals surface area contributed by atoms with Crippen LogP contribution in [0.2, 0.25) is 5.15 Å². The highest BCUT2D eigenvalue weighted by Crippen LogP contribution is 2.34. The number of ether oxygens (including phenoxy) is 3. The third-order valence-electron chi connectivity index (χ3n) is 4.03. The Morgan fingerprint density at radius 3 is 2.31 bits per heavy atom. The summed E-state index contributed by atoms with van der Waals surface area (Å²) in [7, 11) is 4.82. The first-order valence-electron chi connectivity index (χ1n) is 9.02. The van der Waals surface area contributed by atoms with Crippen LogP contribution in [0.1, 0.15) is 18.1 Å². The summed E-state index contributed by atoms with van der Waals surface area (Å²) in [6, 6.07) is 7.44. The van der Waals surface area contributed by atoms with Crippen molar-refractivity contribution >= 4 is 41.5 Å². The predicted molar refractivity (Wildman–Crippen MR) is 127 cm³/mol. The van der Waals surface area contributed by atoms with Gasteiger partial charge in [0.05, 0.1) is 27.9 Å². The molecule has 0 saturated heterocycles. The molecule has 2 rings (SSSR count). The number of aliphatic imine (C=N–C) groups is 1. The molecule has 1 aromatic heterocycles. The number of halogens is 2. The van der Waals surface area contributed by atoms with Crippen LogP contribution >= 0.6 is 35.6 Å². The molecule has 160 valence electrons. The smallest absolute Gasteiger partial charge is 0.191 e. The first-order chi connectivity index (χ1) is 13.6. The van der Waals surface area contributed by atoms with Crippen molar-refractivity contribution in [3.05, 3.63) is 46.7 Å². The number of nitrogens with zero attached hydrogens (tertiary/aromatic N) is 2. The van der Waals surface area contributed by atoms with E-state index in [1.165, 1.54) is 0 Å². The largest absolute Gasteiger partial charge is 0.496 e. The molecular weight excluding hydrogens is 507 g/mol. The summed E-state index contributed by atoms with van der Waals surface area (Å²) in [5, 5.41) is 7.06. The molecule has 0 amide bonds. The standard InChI is InChI=1S/C20H27ClN4O3.HI/c1-5-22-20(23-9-8-14-6-7-19(21)24-12-14)25-13-15-10-17(27-3)18(28-4)11-16(15)26-2;/h6-7,10-12H,5,8-9,13H2,1-4H3,(H2,22,23,25);1H. The molecule has 0 atom stereocenters. The third-order valence-corrected chi connectivity index (χ3v) is 4.26. The van der Waals surface area contributed by atoms with E-state index in [9.17, 15) is 0 Å². The van der Waals surface area contributed by atoms with Crippen molar-refractivity contribution in [1.82, 2.24) is 15.6 Å². The lowest BCUT2D eigenvalue weighted by Gasteiger charge is -2.14. The lowest BCUT2D eigenvalue weighted by Crippen LogP contribution is -2.38. The van der Waals surface area contributed by atoms with E-state index in [1.807, 2.05) is 19.1 Å². The molecule has 0 radical (unpaired) electrons. The van der Waals surface area contributed by atoms with Gasteiger partial charge in [0.2, 0.25) is 0 Å². The molecule has 0 bridgehead atoms. The van der Waals surface area contributed by atoms with Crippen molar-refractivity contribution in [1.29, 1.82) is 0 Å². The second kappa shape index (κ2) is 13.3. The van der Waals surface area contributed by atoms with Gasteiger partial charge in [0.1, 0.15) is 10.9 Å². The minimum atomic E-state index is 0. The van der Waals surface area contributed by atoms with Crippen LogP contribution in [0, 0.1) is 0 Å². The quantitative estimate of drug-likeness (QED) is 0.221. The molecular formula is C20H28ClIN4O3. The van der Waals surface area contributed by atoms with Crippen molar-refractivity contribution in [3.63, 3.8) is 0 Å². The summed E-state index contributed by atoms with van der Waals surface area (Å²) in [5.74, 6) is 2.68. The van der Waals surface area contributed by atoms with Gasteiger partial charge in [-0.05, 0) is 31.0 Å². The highest BCUT2D eigenvalue weighted by atomic mass is 127. The van der Waals surface area contributed by atoms with E-state index in [0.717, 1.165) is 36.6 Å². The zero-order valence-corrected chi connectivity index (χ0v) is 20.2. The molecule has 0 aliphatic rings. The lowest BCUT2D eigenvalue weighted by molar-refractivity contribution is 0.347. The van der Waals surface area contributed by atoms with E-state index < -0.39 is 0 Å². The van der Waals surface area contributed by atoms with Gasteiger partial charge in [-0.25, -0.2) is 9.98 Å². The van der Waals surface area contributed by atoms with Crippen LogP contribution in [0.3, 0.4) is 0 Å². The number of nitrogens with one attached hydrogen (secondary N) is 2. The van der Waals surface area contributed by atoms with E-state index in [-0.39, 0.29) is 24.0 Å². The van der Waals surface area contributed by atoms with Crippen molar-refractivity contribution in [2.24, 2.45) is 4.99 Å². The van der Waals surface area contributed by atoms with Crippen LogP contribution in [0.25, 0.3) is 0 Å². The maximum Gasteiger partial charge on any atom is 0.191 e. The Morgan fingerprint density at radius 1 is 1.03 bits per heavy atom. The molecule has 1 aromatic carbocycles. The highest BCUT2D eigenvalue weighted by molar-refractivity contribution is 14.0. The number of benzene rings is 1.